The van der Waals surface area contributed by atoms with Gasteiger partial charge in [-0.15, -0.1) is 0 Å². The van der Waals surface area contributed by atoms with E-state index in [0.717, 1.165) is 69.5 Å². The fourth-order valence-corrected chi connectivity index (χ4v) is 5.58. The molecule has 31 heavy (non-hydrogen) atoms. The third-order valence-electron chi connectivity index (χ3n) is 7.32. The number of ether oxygens (including phenoxy) is 1. The molecule has 2 aliphatic heterocycles. The summed E-state index contributed by atoms with van der Waals surface area (Å²) in [6.07, 6.45) is 10.9. The van der Waals surface area contributed by atoms with E-state index in [2.05, 4.69) is 41.6 Å². The first-order valence-corrected chi connectivity index (χ1v) is 12.5. The van der Waals surface area contributed by atoms with Gasteiger partial charge < -0.3 is 9.64 Å². The maximum atomic E-state index is 12.3. The first kappa shape index (κ1) is 22.6. The summed E-state index contributed by atoms with van der Waals surface area (Å²) in [6.45, 7) is 12.8. The smallest absolute Gasteiger partial charge is 0.171 e. The monoisotopic (exact) mass is 427 g/mol. The molecule has 3 heterocycles. The lowest BCUT2D eigenvalue weighted by molar-refractivity contribution is -0.121. The van der Waals surface area contributed by atoms with E-state index in [1.807, 2.05) is 6.20 Å². The Labute approximate surface area is 188 Å². The molecule has 5 nitrogen and oxygen atoms in total. The average molecular weight is 428 g/mol. The zero-order valence-corrected chi connectivity index (χ0v) is 19.9. The quantitative estimate of drug-likeness (QED) is 0.629. The molecule has 172 valence electrons. The van der Waals surface area contributed by atoms with Crippen LogP contribution >= 0.6 is 0 Å². The van der Waals surface area contributed by atoms with Crippen LogP contribution in [-0.4, -0.2) is 55.0 Å². The van der Waals surface area contributed by atoms with Gasteiger partial charge in [-0.05, 0) is 49.1 Å². The largest absolute Gasteiger partial charge is 0.489 e. The summed E-state index contributed by atoms with van der Waals surface area (Å²) in [7, 11) is 0. The highest BCUT2D eigenvalue weighted by molar-refractivity contribution is 5.79. The first-order chi connectivity index (χ1) is 14.9. The number of aromatic nitrogens is 1. The number of hydrogen-bond acceptors (Lipinski definition) is 5. The van der Waals surface area contributed by atoms with Gasteiger partial charge in [0.25, 0.3) is 0 Å². The number of carbonyl (C=O) groups is 1. The van der Waals surface area contributed by atoms with Crippen LogP contribution in [0.25, 0.3) is 0 Å². The second-order valence-electron chi connectivity index (χ2n) is 11.2. The Morgan fingerprint density at radius 1 is 1.10 bits per heavy atom. The Kier molecular flexibility index (Phi) is 7.20. The van der Waals surface area contributed by atoms with Gasteiger partial charge in [0, 0.05) is 57.2 Å². The van der Waals surface area contributed by atoms with Crippen molar-refractivity contribution in [3.63, 3.8) is 0 Å². The van der Waals surface area contributed by atoms with E-state index >= 15 is 0 Å². The maximum absolute atomic E-state index is 12.3. The molecule has 4 rings (SSSR count). The Morgan fingerprint density at radius 3 is 2.52 bits per heavy atom. The van der Waals surface area contributed by atoms with E-state index in [0.29, 0.717) is 11.7 Å². The molecule has 0 spiro atoms. The lowest BCUT2D eigenvalue weighted by Gasteiger charge is -2.37. The number of piperazine rings is 1. The van der Waals surface area contributed by atoms with Crippen molar-refractivity contribution in [1.29, 1.82) is 0 Å². The topological polar surface area (TPSA) is 45.7 Å². The Balaban J connectivity index is 1.15. The fourth-order valence-electron chi connectivity index (χ4n) is 5.58. The summed E-state index contributed by atoms with van der Waals surface area (Å²) in [5, 5.41) is 0. The molecule has 1 aromatic heterocycles. The lowest BCUT2D eigenvalue weighted by Crippen LogP contribution is -2.47. The molecule has 1 saturated heterocycles. The molecular formula is C26H41N3O2. The minimum Gasteiger partial charge on any atom is -0.489 e. The molecule has 5 heteroatoms. The third kappa shape index (κ3) is 6.21. The molecule has 0 amide bonds. The first-order valence-electron chi connectivity index (χ1n) is 12.5. The van der Waals surface area contributed by atoms with Crippen molar-refractivity contribution in [2.24, 2.45) is 17.3 Å². The van der Waals surface area contributed by atoms with Crippen molar-refractivity contribution in [2.75, 3.05) is 44.2 Å². The van der Waals surface area contributed by atoms with E-state index < -0.39 is 0 Å². The number of rotatable bonds is 7. The zero-order valence-electron chi connectivity index (χ0n) is 19.9. The normalized spacial score (nSPS) is 24.7. The zero-order chi connectivity index (χ0) is 21.8. The van der Waals surface area contributed by atoms with Gasteiger partial charge in [-0.3, -0.25) is 9.69 Å². The second kappa shape index (κ2) is 9.89. The van der Waals surface area contributed by atoms with Crippen LogP contribution in [0.4, 0.5) is 5.82 Å². The van der Waals surface area contributed by atoms with E-state index in [1.165, 1.54) is 44.2 Å². The summed E-state index contributed by atoms with van der Waals surface area (Å²) in [4.78, 5) is 22.0. The van der Waals surface area contributed by atoms with Gasteiger partial charge in [0.15, 0.2) is 11.6 Å². The summed E-state index contributed by atoms with van der Waals surface area (Å²) in [6, 6.07) is 2.09. The van der Waals surface area contributed by atoms with Crippen LogP contribution in [0.15, 0.2) is 12.3 Å². The summed E-state index contributed by atoms with van der Waals surface area (Å²) in [5.41, 5.74) is 1.44. The number of fused-ring (bicyclic) bond motifs is 1. The van der Waals surface area contributed by atoms with Crippen LogP contribution in [0.3, 0.4) is 0 Å². The maximum Gasteiger partial charge on any atom is 0.171 e. The van der Waals surface area contributed by atoms with Crippen molar-refractivity contribution >= 4 is 11.6 Å². The highest BCUT2D eigenvalue weighted by Crippen LogP contribution is 2.36. The number of Topliss-reactive ketones (excluding diaryl/α,β-unsaturated/α-hetero) is 1. The number of pyridine rings is 1. The molecule has 0 N–H and O–H groups in total. The van der Waals surface area contributed by atoms with E-state index in [9.17, 15) is 4.79 Å². The highest BCUT2D eigenvalue weighted by Gasteiger charge is 2.27. The van der Waals surface area contributed by atoms with Gasteiger partial charge >= 0.3 is 0 Å². The Hall–Kier alpha value is -1.62. The van der Waals surface area contributed by atoms with Gasteiger partial charge in [-0.25, -0.2) is 4.98 Å². The molecule has 0 radical (unpaired) electrons. The Morgan fingerprint density at radius 2 is 1.81 bits per heavy atom. The molecule has 0 atom stereocenters. The third-order valence-corrected chi connectivity index (χ3v) is 7.32. The lowest BCUT2D eigenvalue weighted by atomic mass is 9.77. The van der Waals surface area contributed by atoms with Gasteiger partial charge in [0.2, 0.25) is 0 Å². The predicted molar refractivity (Wildman–Crippen MR) is 126 cm³/mol. The van der Waals surface area contributed by atoms with Crippen molar-refractivity contribution in [2.45, 2.75) is 72.1 Å². The molecule has 0 aromatic carbocycles. The van der Waals surface area contributed by atoms with Crippen molar-refractivity contribution in [3.05, 3.63) is 17.8 Å². The van der Waals surface area contributed by atoms with Gasteiger partial charge in [-0.2, -0.15) is 0 Å². The molecule has 1 aromatic rings. The van der Waals surface area contributed by atoms with Crippen LogP contribution in [0.1, 0.15) is 71.3 Å². The second-order valence-corrected chi connectivity index (χ2v) is 11.2. The van der Waals surface area contributed by atoms with Crippen molar-refractivity contribution in [1.82, 2.24) is 9.88 Å². The minimum atomic E-state index is 0.127. The number of ketones is 1. The molecule has 3 aliphatic rings. The molecule has 0 unspecified atom stereocenters. The predicted octanol–water partition coefficient (Wildman–Crippen LogP) is 4.73. The van der Waals surface area contributed by atoms with Crippen molar-refractivity contribution in [3.8, 4) is 5.75 Å². The minimum absolute atomic E-state index is 0.127. The van der Waals surface area contributed by atoms with Crippen molar-refractivity contribution < 1.29 is 9.53 Å². The van der Waals surface area contributed by atoms with Gasteiger partial charge in [0.1, 0.15) is 5.78 Å². The number of anilines is 1. The van der Waals surface area contributed by atoms with E-state index in [-0.39, 0.29) is 5.41 Å². The van der Waals surface area contributed by atoms with Crippen LogP contribution in [0, 0.1) is 17.3 Å². The SMILES string of the molecule is CC(C)(C)CC(=O)CC1CCC(CCN2CCN(c3nccc4c3OCC4)CC2)CC1. The molecule has 0 bridgehead atoms. The standard InChI is InChI=1S/C26H41N3O2/c1-26(2,3)19-23(30)18-21-6-4-20(5-7-21)9-12-28-13-15-29(16-14-28)25-24-22(8-11-27-25)10-17-31-24/h8,11,20-21H,4-7,9-10,12-19H2,1-3H3. The Bertz CT molecular complexity index is 742. The van der Waals surface area contributed by atoms with Crippen LogP contribution < -0.4 is 9.64 Å². The molecule has 1 saturated carbocycles. The van der Waals surface area contributed by atoms with Crippen LogP contribution in [-0.2, 0) is 11.2 Å². The number of nitrogens with zero attached hydrogens (tertiary/aromatic N) is 3. The summed E-state index contributed by atoms with van der Waals surface area (Å²) in [5.74, 6) is 4.02. The number of carbonyl (C=O) groups excluding carboxylic acids is 1. The molecule has 1 aliphatic carbocycles. The molecular weight excluding hydrogens is 386 g/mol. The van der Waals surface area contributed by atoms with Crippen LogP contribution in [0.5, 0.6) is 5.75 Å². The highest BCUT2D eigenvalue weighted by atomic mass is 16.5. The number of hydrogen-bond donors (Lipinski definition) is 0. The summed E-state index contributed by atoms with van der Waals surface area (Å²) >= 11 is 0. The summed E-state index contributed by atoms with van der Waals surface area (Å²) < 4.78 is 5.85. The fraction of sp³-hybridized carbons (Fsp3) is 0.769. The molecule has 2 fully saturated rings. The van der Waals surface area contributed by atoms with E-state index in [4.69, 9.17) is 4.74 Å². The van der Waals surface area contributed by atoms with Gasteiger partial charge in [0.05, 0.1) is 6.61 Å². The van der Waals surface area contributed by atoms with E-state index in [1.54, 1.807) is 0 Å². The average Bonchev–Trinajstić information content (AvgIpc) is 3.21. The van der Waals surface area contributed by atoms with Gasteiger partial charge in [-0.1, -0.05) is 33.6 Å². The van der Waals surface area contributed by atoms with Crippen LogP contribution in [0.2, 0.25) is 0 Å².